The van der Waals surface area contributed by atoms with Crippen LogP contribution in [0.15, 0.2) is 71.3 Å². The average molecular weight is 492 g/mol. The van der Waals surface area contributed by atoms with Crippen molar-refractivity contribution < 1.29 is 9.72 Å². The van der Waals surface area contributed by atoms with Crippen molar-refractivity contribution in [3.63, 3.8) is 0 Å². The molecule has 1 aliphatic heterocycles. The number of para-hydroxylation sites is 2. The van der Waals surface area contributed by atoms with Crippen LogP contribution < -0.4 is 4.90 Å². The number of thioether (sulfide) groups is 1. The van der Waals surface area contributed by atoms with Crippen LogP contribution in [0.5, 0.6) is 0 Å². The van der Waals surface area contributed by atoms with Gasteiger partial charge in [0.1, 0.15) is 21.9 Å². The lowest BCUT2D eigenvalue weighted by molar-refractivity contribution is -0.384. The number of hydrogen-bond acceptors (Lipinski definition) is 8. The highest BCUT2D eigenvalue weighted by atomic mass is 32.2. The highest BCUT2D eigenvalue weighted by Crippen LogP contribution is 2.38. The largest absolute Gasteiger partial charge is 0.362 e. The Hall–Kier alpha value is -3.50. The maximum absolute atomic E-state index is 13.0. The first-order valence-electron chi connectivity index (χ1n) is 10.8. The van der Waals surface area contributed by atoms with Gasteiger partial charge in [-0.3, -0.25) is 14.9 Å². The molecule has 172 valence electrons. The third kappa shape index (κ3) is 4.46. The third-order valence-electron chi connectivity index (χ3n) is 5.80. The predicted octanol–water partition coefficient (Wildman–Crippen LogP) is 4.71. The van der Waals surface area contributed by atoms with Crippen LogP contribution in [0.1, 0.15) is 0 Å². The number of thiophene rings is 1. The predicted molar refractivity (Wildman–Crippen MR) is 135 cm³/mol. The van der Waals surface area contributed by atoms with E-state index in [0.717, 1.165) is 26.4 Å². The van der Waals surface area contributed by atoms with Gasteiger partial charge in [-0.1, -0.05) is 54.2 Å². The Morgan fingerprint density at radius 3 is 2.53 bits per heavy atom. The molecule has 1 saturated heterocycles. The first-order chi connectivity index (χ1) is 16.6. The van der Waals surface area contributed by atoms with E-state index in [9.17, 15) is 14.9 Å². The summed E-state index contributed by atoms with van der Waals surface area (Å²) in [5, 5.41) is 15.2. The van der Waals surface area contributed by atoms with Gasteiger partial charge in [0.2, 0.25) is 5.91 Å². The second kappa shape index (κ2) is 9.78. The number of rotatable bonds is 6. The normalized spacial score (nSPS) is 13.9. The van der Waals surface area contributed by atoms with Crippen LogP contribution in [0.25, 0.3) is 21.3 Å². The van der Waals surface area contributed by atoms with Crippen molar-refractivity contribution in [3.05, 3.63) is 76.4 Å². The number of piperazine rings is 1. The standard InChI is InChI=1S/C24H21N5O3S2/c30-21(28-12-10-27(11-13-28)19-8-4-5-9-20(19)29(31)32)15-34-24-22-18(17-6-2-1-3-7-17)14-33-23(22)25-16-26-24/h1-9,14,16H,10-13,15H2. The Bertz CT molecular complexity index is 1340. The van der Waals surface area contributed by atoms with E-state index in [1.165, 1.54) is 17.8 Å². The molecule has 0 spiro atoms. The molecular weight excluding hydrogens is 470 g/mol. The molecule has 1 aliphatic rings. The molecule has 2 aromatic heterocycles. The minimum Gasteiger partial charge on any atom is -0.362 e. The molecule has 34 heavy (non-hydrogen) atoms. The summed E-state index contributed by atoms with van der Waals surface area (Å²) in [5.74, 6) is 0.317. The minimum absolute atomic E-state index is 0.0375. The number of benzene rings is 2. The Morgan fingerprint density at radius 1 is 1.03 bits per heavy atom. The third-order valence-corrected chi connectivity index (χ3v) is 7.66. The molecule has 0 N–H and O–H groups in total. The van der Waals surface area contributed by atoms with Crippen LogP contribution in [-0.4, -0.2) is 57.6 Å². The van der Waals surface area contributed by atoms with E-state index in [1.54, 1.807) is 35.9 Å². The topological polar surface area (TPSA) is 92.5 Å². The summed E-state index contributed by atoms with van der Waals surface area (Å²) in [7, 11) is 0. The number of hydrogen-bond donors (Lipinski definition) is 0. The zero-order valence-corrected chi connectivity index (χ0v) is 19.8. The van der Waals surface area contributed by atoms with E-state index in [4.69, 9.17) is 0 Å². The van der Waals surface area contributed by atoms with E-state index in [0.29, 0.717) is 31.9 Å². The molecule has 3 heterocycles. The molecule has 1 fully saturated rings. The highest BCUT2D eigenvalue weighted by Gasteiger charge is 2.26. The van der Waals surface area contributed by atoms with Gasteiger partial charge in [-0.15, -0.1) is 11.3 Å². The first-order valence-corrected chi connectivity index (χ1v) is 12.6. The summed E-state index contributed by atoms with van der Waals surface area (Å²) < 4.78 is 0. The van der Waals surface area contributed by atoms with Gasteiger partial charge in [0.05, 0.1) is 16.1 Å². The summed E-state index contributed by atoms with van der Waals surface area (Å²) in [6.07, 6.45) is 1.55. The highest BCUT2D eigenvalue weighted by molar-refractivity contribution is 8.00. The maximum atomic E-state index is 13.0. The van der Waals surface area contributed by atoms with Crippen molar-refractivity contribution in [3.8, 4) is 11.1 Å². The van der Waals surface area contributed by atoms with Crippen LogP contribution >= 0.6 is 23.1 Å². The molecule has 5 rings (SSSR count). The van der Waals surface area contributed by atoms with Crippen molar-refractivity contribution in [2.24, 2.45) is 0 Å². The van der Waals surface area contributed by atoms with Crippen molar-refractivity contribution in [1.29, 1.82) is 0 Å². The van der Waals surface area contributed by atoms with Crippen LogP contribution in [0.2, 0.25) is 0 Å². The minimum atomic E-state index is -0.361. The fourth-order valence-electron chi connectivity index (χ4n) is 4.09. The van der Waals surface area contributed by atoms with Crippen LogP contribution in [0.4, 0.5) is 11.4 Å². The van der Waals surface area contributed by atoms with Gasteiger partial charge in [0, 0.05) is 43.2 Å². The van der Waals surface area contributed by atoms with Gasteiger partial charge < -0.3 is 9.80 Å². The molecule has 0 radical (unpaired) electrons. The second-order valence-electron chi connectivity index (χ2n) is 7.78. The Balaban J connectivity index is 1.26. The number of anilines is 1. The summed E-state index contributed by atoms with van der Waals surface area (Å²) in [4.78, 5) is 37.5. The van der Waals surface area contributed by atoms with Gasteiger partial charge in [0.25, 0.3) is 5.69 Å². The smallest absolute Gasteiger partial charge is 0.292 e. The molecule has 0 saturated carbocycles. The Labute approximate surface area is 204 Å². The zero-order valence-electron chi connectivity index (χ0n) is 18.2. The second-order valence-corrected chi connectivity index (χ2v) is 9.60. The van der Waals surface area contributed by atoms with Gasteiger partial charge >= 0.3 is 0 Å². The number of fused-ring (bicyclic) bond motifs is 1. The molecule has 0 unspecified atom stereocenters. The van der Waals surface area contributed by atoms with Gasteiger partial charge in [0.15, 0.2) is 0 Å². The number of nitrogens with zero attached hydrogens (tertiary/aromatic N) is 5. The van der Waals surface area contributed by atoms with E-state index in [2.05, 4.69) is 27.5 Å². The molecule has 4 aromatic rings. The molecule has 2 aromatic carbocycles. The molecule has 0 bridgehead atoms. The number of nitro benzene ring substituents is 1. The summed E-state index contributed by atoms with van der Waals surface area (Å²) in [6, 6.07) is 16.9. The molecule has 1 amide bonds. The lowest BCUT2D eigenvalue weighted by atomic mass is 10.1. The summed E-state index contributed by atoms with van der Waals surface area (Å²) in [6.45, 7) is 2.17. The van der Waals surface area contributed by atoms with E-state index >= 15 is 0 Å². The number of amides is 1. The van der Waals surface area contributed by atoms with Gasteiger partial charge in [-0.25, -0.2) is 9.97 Å². The lowest BCUT2D eigenvalue weighted by Crippen LogP contribution is -2.49. The van der Waals surface area contributed by atoms with E-state index < -0.39 is 0 Å². The maximum Gasteiger partial charge on any atom is 0.292 e. The molecule has 0 atom stereocenters. The van der Waals surface area contributed by atoms with Gasteiger partial charge in [-0.2, -0.15) is 0 Å². The van der Waals surface area contributed by atoms with Gasteiger partial charge in [-0.05, 0) is 11.6 Å². The average Bonchev–Trinajstić information content (AvgIpc) is 3.33. The van der Waals surface area contributed by atoms with Crippen LogP contribution in [0.3, 0.4) is 0 Å². The molecule has 0 aliphatic carbocycles. The van der Waals surface area contributed by atoms with E-state index in [-0.39, 0.29) is 22.3 Å². The molecule has 10 heteroatoms. The van der Waals surface area contributed by atoms with Crippen molar-refractivity contribution in [2.45, 2.75) is 5.03 Å². The van der Waals surface area contributed by atoms with Crippen molar-refractivity contribution >= 4 is 50.6 Å². The summed E-state index contributed by atoms with van der Waals surface area (Å²) in [5.41, 5.74) is 2.87. The van der Waals surface area contributed by atoms with Crippen molar-refractivity contribution in [2.75, 3.05) is 36.8 Å². The number of carbonyl (C=O) groups is 1. The summed E-state index contributed by atoms with van der Waals surface area (Å²) >= 11 is 3.00. The quantitative estimate of drug-likeness (QED) is 0.167. The fraction of sp³-hybridized carbons (Fsp3) is 0.208. The first kappa shape index (κ1) is 22.3. The number of nitro groups is 1. The fourth-order valence-corrected chi connectivity index (χ4v) is 5.99. The SMILES string of the molecule is O=C(CSc1ncnc2scc(-c3ccccc3)c12)N1CCN(c2ccccc2[N+](=O)[O-])CC1. The van der Waals surface area contributed by atoms with Crippen LogP contribution in [-0.2, 0) is 4.79 Å². The van der Waals surface area contributed by atoms with Crippen LogP contribution in [0, 0.1) is 10.1 Å². The zero-order chi connectivity index (χ0) is 23.5. The lowest BCUT2D eigenvalue weighted by Gasteiger charge is -2.35. The Morgan fingerprint density at radius 2 is 1.76 bits per heavy atom. The Kier molecular flexibility index (Phi) is 6.41. The number of aromatic nitrogens is 2. The monoisotopic (exact) mass is 491 g/mol. The van der Waals surface area contributed by atoms with Crippen molar-refractivity contribution in [1.82, 2.24) is 14.9 Å². The molecule has 8 nitrogen and oxygen atoms in total. The molecular formula is C24H21N5O3S2. The van der Waals surface area contributed by atoms with E-state index in [1.807, 2.05) is 28.0 Å². The number of carbonyl (C=O) groups excluding carboxylic acids is 1.